The van der Waals surface area contributed by atoms with Crippen LogP contribution in [0.25, 0.3) is 76.9 Å². The number of rotatable bonds is 2. The van der Waals surface area contributed by atoms with E-state index in [0.29, 0.717) is 27.5 Å². The van der Waals surface area contributed by atoms with Gasteiger partial charge in [-0.3, -0.25) is 0 Å². The Morgan fingerprint density at radius 3 is 1.79 bits per heavy atom. The molecule has 1 heterocycles. The van der Waals surface area contributed by atoms with Crippen LogP contribution in [0.2, 0.25) is 0 Å². The van der Waals surface area contributed by atoms with Crippen LogP contribution in [0.5, 0.6) is 0 Å². The Morgan fingerprint density at radius 2 is 1.05 bits per heavy atom. The molecule has 0 fully saturated rings. The van der Waals surface area contributed by atoms with Gasteiger partial charge in [-0.1, -0.05) is 135 Å². The zero-order valence-electron chi connectivity index (χ0n) is 37.4. The van der Waals surface area contributed by atoms with Crippen LogP contribution in [-0.4, -0.2) is 0 Å². The molecule has 0 unspecified atom stereocenters. The summed E-state index contributed by atoms with van der Waals surface area (Å²) in [5.74, 6) is 0. The van der Waals surface area contributed by atoms with E-state index in [0.717, 1.165) is 0 Å². The maximum atomic E-state index is 9.52. The van der Waals surface area contributed by atoms with Gasteiger partial charge < -0.3 is 4.42 Å². The van der Waals surface area contributed by atoms with Crippen LogP contribution in [0.15, 0.2) is 138 Å². The molecule has 0 spiro atoms. The predicted octanol–water partition coefficient (Wildman–Crippen LogP) is 11.5. The van der Waals surface area contributed by atoms with E-state index in [9.17, 15) is 6.85 Å². The fourth-order valence-electron chi connectivity index (χ4n) is 6.53. The highest BCUT2D eigenvalue weighted by Gasteiger charge is 2.37. The van der Waals surface area contributed by atoms with Crippen LogP contribution in [0, 0.1) is 0 Å². The zero-order chi connectivity index (χ0) is 41.1. The first-order valence-electron chi connectivity index (χ1n) is 21.0. The topological polar surface area (TPSA) is 13.1 Å². The van der Waals surface area contributed by atoms with Gasteiger partial charge >= 0.3 is 0 Å². The largest absolute Gasteiger partial charge is 0.456 e. The molecule has 0 saturated carbocycles. The van der Waals surface area contributed by atoms with E-state index in [1.54, 1.807) is 50.2 Å². The van der Waals surface area contributed by atoms with Crippen molar-refractivity contribution in [3.8, 4) is 33.4 Å². The van der Waals surface area contributed by atoms with E-state index in [1.165, 1.54) is 0 Å². The third-order valence-corrected chi connectivity index (χ3v) is 8.36. The molecule has 0 radical (unpaired) electrons. The first-order chi connectivity index (χ1) is 26.9. The Kier molecular flexibility index (Phi) is 2.66. The molecule has 1 aliphatic carbocycles. The summed E-state index contributed by atoms with van der Waals surface area (Å²) in [6.07, 6.45) is 0. The van der Waals surface area contributed by atoms with E-state index in [1.807, 2.05) is 6.07 Å². The van der Waals surface area contributed by atoms with E-state index in [-0.39, 0.29) is 60.5 Å². The molecule has 1 heteroatoms. The average molecular weight is 552 g/mol. The second-order valence-electron chi connectivity index (χ2n) is 10.9. The van der Waals surface area contributed by atoms with Crippen molar-refractivity contribution in [3.05, 3.63) is 144 Å². The third-order valence-electron chi connectivity index (χ3n) is 8.36. The molecule has 9 rings (SSSR count). The number of benzene rings is 7. The highest BCUT2D eigenvalue weighted by molar-refractivity contribution is 6.26. The van der Waals surface area contributed by atoms with Gasteiger partial charge in [0.05, 0.1) is 20.6 Å². The molecular weight excluding hydrogens is 508 g/mol. The first kappa shape index (κ1) is 13.2. The van der Waals surface area contributed by atoms with Crippen LogP contribution < -0.4 is 0 Å². The Balaban J connectivity index is 1.66. The molecule has 0 N–H and O–H groups in total. The molecule has 0 bridgehead atoms. The molecule has 198 valence electrons. The maximum absolute atomic E-state index is 9.52. The Hall–Kier alpha value is -5.14. The Morgan fingerprint density at radius 1 is 0.476 bits per heavy atom. The van der Waals surface area contributed by atoms with Gasteiger partial charge in [-0.05, 0) is 78.2 Å². The second kappa shape index (κ2) is 8.44. The lowest BCUT2D eigenvalue weighted by Gasteiger charge is -2.22. The number of hydrogen-bond acceptors (Lipinski definition) is 1. The van der Waals surface area contributed by atoms with Gasteiger partial charge in [-0.2, -0.15) is 0 Å². The van der Waals surface area contributed by atoms with Crippen molar-refractivity contribution in [2.75, 3.05) is 0 Å². The van der Waals surface area contributed by atoms with Gasteiger partial charge in [-0.25, -0.2) is 0 Å². The van der Waals surface area contributed by atoms with E-state index < -0.39 is 96.1 Å². The van der Waals surface area contributed by atoms with E-state index in [2.05, 4.69) is 0 Å². The monoisotopic (exact) mass is 551 g/mol. The highest BCUT2D eigenvalue weighted by atomic mass is 16.3. The second-order valence-corrected chi connectivity index (χ2v) is 10.9. The number of para-hydroxylation sites is 1. The van der Waals surface area contributed by atoms with Gasteiger partial charge in [0.25, 0.3) is 0 Å². The lowest BCUT2D eigenvalue weighted by molar-refractivity contribution is 0.660. The van der Waals surface area contributed by atoms with Crippen LogP contribution in [0.1, 0.15) is 45.5 Å². The summed E-state index contributed by atoms with van der Waals surface area (Å²) in [5.41, 5.74) is -0.508. The van der Waals surface area contributed by atoms with Crippen molar-refractivity contribution in [2.45, 2.75) is 19.3 Å². The molecule has 0 atom stereocenters. The zero-order valence-corrected chi connectivity index (χ0v) is 22.4. The van der Waals surface area contributed by atoms with Crippen LogP contribution in [0.4, 0.5) is 0 Å². The molecule has 0 aliphatic heterocycles. The predicted molar refractivity (Wildman–Crippen MR) is 177 cm³/mol. The SMILES string of the molecule is [2H]c1c([2H])c([2H])c2c(c1[2H])-c1c(-c3c4c([2H])c([2H])c([2H])c([2H])c4c(-c4cccc5oc6ccccc6c45)c4c([2H])c([2H])c([2H])c([2H])c34)c([2H])c([2H])c([2H])c1C2(C)C. The number of fused-ring (bicyclic) bond motifs is 8. The minimum Gasteiger partial charge on any atom is -0.456 e. The van der Waals surface area contributed by atoms with Crippen LogP contribution in [-0.2, 0) is 5.41 Å². The van der Waals surface area contributed by atoms with E-state index >= 15 is 0 Å². The smallest absolute Gasteiger partial charge is 0.136 e. The molecule has 1 aromatic heterocycles. The minimum absolute atomic E-state index is 0.0499. The highest BCUT2D eigenvalue weighted by Crippen LogP contribution is 2.54. The Bertz CT molecular complexity index is 3140. The number of hydrogen-bond donors (Lipinski definition) is 0. The fourth-order valence-corrected chi connectivity index (χ4v) is 6.53. The summed E-state index contributed by atoms with van der Waals surface area (Å²) in [6.45, 7) is 3.27. The van der Waals surface area contributed by atoms with Crippen molar-refractivity contribution >= 4 is 43.5 Å². The summed E-state index contributed by atoms with van der Waals surface area (Å²) in [5, 5.41) is 0.390. The van der Waals surface area contributed by atoms with Gasteiger partial charge in [0.15, 0.2) is 0 Å². The first-order valence-corrected chi connectivity index (χ1v) is 13.5. The van der Waals surface area contributed by atoms with Crippen LogP contribution in [0.3, 0.4) is 0 Å². The standard InChI is InChI=1S/C41H28O/c1-41(2)33-21-9-7-17-29(33)39-31(19-11-22-34(39)41)37-25-13-3-5-15-27(25)38(28-16-6-4-14-26(28)37)32-20-12-24-36-40(32)30-18-8-10-23-35(30)42-36/h3-24H,1-2H3/i3D,4D,5D,6D,7D,9D,11D,13D,14D,15D,16D,17D,19D,21D,22D. The average Bonchev–Trinajstić information content (AvgIpc) is 3.69. The molecule has 7 aromatic carbocycles. The van der Waals surface area contributed by atoms with Gasteiger partial charge in [-0.15, -0.1) is 0 Å². The normalized spacial score (nSPS) is 18.7. The summed E-state index contributed by atoms with van der Waals surface area (Å²) < 4.78 is 143. The number of furan rings is 1. The van der Waals surface area contributed by atoms with Crippen molar-refractivity contribution < 1.29 is 25.0 Å². The van der Waals surface area contributed by atoms with Gasteiger partial charge in [0, 0.05) is 16.2 Å². The molecule has 42 heavy (non-hydrogen) atoms. The van der Waals surface area contributed by atoms with Gasteiger partial charge in [0.1, 0.15) is 11.2 Å². The summed E-state index contributed by atoms with van der Waals surface area (Å²) >= 11 is 0. The summed E-state index contributed by atoms with van der Waals surface area (Å²) in [6, 6.07) is 3.59. The quantitative estimate of drug-likeness (QED) is 0.195. The van der Waals surface area contributed by atoms with Crippen molar-refractivity contribution in [1.29, 1.82) is 0 Å². The fraction of sp³-hybridized carbons (Fsp3) is 0.0732. The Labute approximate surface area is 265 Å². The molecular formula is C41H28O. The van der Waals surface area contributed by atoms with Crippen LogP contribution >= 0.6 is 0 Å². The van der Waals surface area contributed by atoms with E-state index in [4.69, 9.17) is 18.1 Å². The molecule has 8 aromatic rings. The molecule has 0 amide bonds. The van der Waals surface area contributed by atoms with Gasteiger partial charge in [0.2, 0.25) is 0 Å². The maximum Gasteiger partial charge on any atom is 0.136 e. The van der Waals surface area contributed by atoms with Crippen molar-refractivity contribution in [1.82, 2.24) is 0 Å². The third kappa shape index (κ3) is 3.03. The molecule has 1 aliphatic rings. The van der Waals surface area contributed by atoms with Crippen molar-refractivity contribution in [3.63, 3.8) is 0 Å². The summed E-state index contributed by atoms with van der Waals surface area (Å²) in [7, 11) is 0. The molecule has 0 saturated heterocycles. The lowest BCUT2D eigenvalue weighted by atomic mass is 9.80. The molecule has 1 nitrogen and oxygen atoms in total. The summed E-state index contributed by atoms with van der Waals surface area (Å²) in [4.78, 5) is 0. The lowest BCUT2D eigenvalue weighted by Crippen LogP contribution is -2.14. The van der Waals surface area contributed by atoms with Crippen molar-refractivity contribution in [2.24, 2.45) is 0 Å². The minimum atomic E-state index is -1.35.